The van der Waals surface area contributed by atoms with Crippen LogP contribution in [0.2, 0.25) is 0 Å². The molecule has 0 aliphatic heterocycles. The van der Waals surface area contributed by atoms with Crippen molar-refractivity contribution >= 4 is 11.9 Å². The summed E-state index contributed by atoms with van der Waals surface area (Å²) >= 11 is 0. The average Bonchev–Trinajstić information content (AvgIpc) is 3.12. The summed E-state index contributed by atoms with van der Waals surface area (Å²) in [6, 6.07) is 2.76. The minimum atomic E-state index is -1.03. The molecule has 1 saturated carbocycles. The van der Waals surface area contributed by atoms with Crippen molar-refractivity contribution in [2.24, 2.45) is 7.05 Å². The fraction of sp³-hybridized carbons (Fsp3) is 0.417. The Hall–Kier alpha value is -2.11. The van der Waals surface area contributed by atoms with Gasteiger partial charge in [-0.25, -0.2) is 0 Å². The Morgan fingerprint density at radius 1 is 1.44 bits per heavy atom. The van der Waals surface area contributed by atoms with E-state index in [1.807, 2.05) is 0 Å². The lowest BCUT2D eigenvalue weighted by Crippen LogP contribution is -2.38. The molecular formula is C12H14N2O4. The number of amides is 1. The first-order chi connectivity index (χ1) is 8.49. The molecule has 18 heavy (non-hydrogen) atoms. The molecule has 1 fully saturated rings. The SMILES string of the molecule is Cn1cc(C(=O)N(CC(=O)O)C2CC2)ccc1=O. The van der Waals surface area contributed by atoms with Crippen LogP contribution in [-0.4, -0.2) is 39.0 Å². The zero-order valence-corrected chi connectivity index (χ0v) is 10.00. The molecule has 0 aromatic carbocycles. The van der Waals surface area contributed by atoms with Crippen LogP contribution in [0.4, 0.5) is 0 Å². The monoisotopic (exact) mass is 250 g/mol. The summed E-state index contributed by atoms with van der Waals surface area (Å²) in [5.74, 6) is -1.37. The molecule has 6 heteroatoms. The van der Waals surface area contributed by atoms with E-state index in [0.717, 1.165) is 12.8 Å². The number of rotatable bonds is 4. The molecule has 0 atom stereocenters. The molecule has 1 aromatic heterocycles. The van der Waals surface area contributed by atoms with Crippen LogP contribution >= 0.6 is 0 Å². The molecule has 0 saturated heterocycles. The van der Waals surface area contributed by atoms with Gasteiger partial charge in [-0.1, -0.05) is 0 Å². The van der Waals surface area contributed by atoms with Gasteiger partial charge in [-0.05, 0) is 18.9 Å². The van der Waals surface area contributed by atoms with Crippen molar-refractivity contribution in [3.8, 4) is 0 Å². The van der Waals surface area contributed by atoms with Crippen LogP contribution in [0.25, 0.3) is 0 Å². The van der Waals surface area contributed by atoms with Crippen LogP contribution in [-0.2, 0) is 11.8 Å². The highest BCUT2D eigenvalue weighted by Crippen LogP contribution is 2.27. The normalized spacial score (nSPS) is 14.3. The number of carboxylic acid groups (broad SMARTS) is 1. The van der Waals surface area contributed by atoms with Gasteiger partial charge in [0.2, 0.25) is 5.56 Å². The van der Waals surface area contributed by atoms with E-state index < -0.39 is 5.97 Å². The number of carboxylic acids is 1. The van der Waals surface area contributed by atoms with Crippen molar-refractivity contribution in [3.05, 3.63) is 34.2 Å². The Balaban J connectivity index is 2.24. The molecule has 1 aliphatic carbocycles. The quantitative estimate of drug-likeness (QED) is 0.820. The van der Waals surface area contributed by atoms with Crippen LogP contribution in [0.15, 0.2) is 23.1 Å². The summed E-state index contributed by atoms with van der Waals surface area (Å²) in [5, 5.41) is 8.81. The van der Waals surface area contributed by atoms with Crippen molar-refractivity contribution in [2.75, 3.05) is 6.54 Å². The molecule has 1 aromatic rings. The number of carbonyl (C=O) groups is 2. The number of hydrogen-bond donors (Lipinski definition) is 1. The van der Waals surface area contributed by atoms with Crippen molar-refractivity contribution in [3.63, 3.8) is 0 Å². The van der Waals surface area contributed by atoms with Gasteiger partial charge in [-0.15, -0.1) is 0 Å². The van der Waals surface area contributed by atoms with Crippen LogP contribution in [0.1, 0.15) is 23.2 Å². The first kappa shape index (κ1) is 12.3. The molecule has 0 unspecified atom stereocenters. The summed E-state index contributed by atoms with van der Waals surface area (Å²) in [7, 11) is 1.55. The van der Waals surface area contributed by atoms with E-state index in [9.17, 15) is 14.4 Å². The van der Waals surface area contributed by atoms with E-state index in [4.69, 9.17) is 5.11 Å². The molecule has 0 bridgehead atoms. The number of hydrogen-bond acceptors (Lipinski definition) is 3. The van der Waals surface area contributed by atoms with Gasteiger partial charge in [-0.2, -0.15) is 0 Å². The number of aryl methyl sites for hydroxylation is 1. The second kappa shape index (κ2) is 4.64. The largest absolute Gasteiger partial charge is 0.480 e. The maximum absolute atomic E-state index is 12.2. The summed E-state index contributed by atoms with van der Waals surface area (Å²) in [6.07, 6.45) is 3.11. The predicted octanol–water partition coefficient (Wildman–Crippen LogP) is 0.0745. The van der Waals surface area contributed by atoms with E-state index in [-0.39, 0.29) is 24.1 Å². The van der Waals surface area contributed by atoms with Gasteiger partial charge in [0.1, 0.15) is 6.54 Å². The van der Waals surface area contributed by atoms with Crippen molar-refractivity contribution < 1.29 is 14.7 Å². The minimum absolute atomic E-state index is 0.0193. The third-order valence-electron chi connectivity index (χ3n) is 2.89. The summed E-state index contributed by atoms with van der Waals surface area (Å²) < 4.78 is 1.30. The smallest absolute Gasteiger partial charge is 0.323 e. The number of aromatic nitrogens is 1. The van der Waals surface area contributed by atoms with E-state index in [1.54, 1.807) is 7.05 Å². The molecule has 6 nitrogen and oxygen atoms in total. The maximum atomic E-state index is 12.2. The Morgan fingerprint density at radius 2 is 2.11 bits per heavy atom. The lowest BCUT2D eigenvalue weighted by Gasteiger charge is -2.20. The van der Waals surface area contributed by atoms with Crippen molar-refractivity contribution in [2.45, 2.75) is 18.9 Å². The molecule has 1 amide bonds. The van der Waals surface area contributed by atoms with Gasteiger partial charge in [0.15, 0.2) is 0 Å². The summed E-state index contributed by atoms with van der Waals surface area (Å²) in [4.78, 5) is 35.5. The van der Waals surface area contributed by atoms with Crippen LogP contribution in [0.3, 0.4) is 0 Å². The highest BCUT2D eigenvalue weighted by Gasteiger charge is 2.34. The number of aliphatic carboxylic acids is 1. The van der Waals surface area contributed by atoms with Gasteiger partial charge in [0.25, 0.3) is 5.91 Å². The molecule has 2 rings (SSSR count). The van der Waals surface area contributed by atoms with Crippen LogP contribution in [0.5, 0.6) is 0 Å². The number of carbonyl (C=O) groups excluding carboxylic acids is 1. The molecular weight excluding hydrogens is 236 g/mol. The highest BCUT2D eigenvalue weighted by molar-refractivity contribution is 5.96. The second-order valence-corrected chi connectivity index (χ2v) is 4.42. The first-order valence-electron chi connectivity index (χ1n) is 5.68. The third-order valence-corrected chi connectivity index (χ3v) is 2.89. The second-order valence-electron chi connectivity index (χ2n) is 4.42. The van der Waals surface area contributed by atoms with Gasteiger partial charge < -0.3 is 14.6 Å². The Labute approximate surface area is 103 Å². The fourth-order valence-electron chi connectivity index (χ4n) is 1.78. The molecule has 1 N–H and O–H groups in total. The predicted molar refractivity (Wildman–Crippen MR) is 63.4 cm³/mol. The molecule has 1 aliphatic rings. The minimum Gasteiger partial charge on any atom is -0.480 e. The van der Waals surface area contributed by atoms with E-state index >= 15 is 0 Å². The Morgan fingerprint density at radius 3 is 2.61 bits per heavy atom. The van der Waals surface area contributed by atoms with Gasteiger partial charge in [-0.3, -0.25) is 14.4 Å². The van der Waals surface area contributed by atoms with Gasteiger partial charge in [0, 0.05) is 25.4 Å². The lowest BCUT2D eigenvalue weighted by molar-refractivity contribution is -0.137. The van der Waals surface area contributed by atoms with E-state index in [2.05, 4.69) is 0 Å². The molecule has 96 valence electrons. The van der Waals surface area contributed by atoms with E-state index in [0.29, 0.717) is 5.56 Å². The standard InChI is InChI=1S/C12H14N2O4/c1-13-6-8(2-5-10(13)15)12(18)14(7-11(16)17)9-3-4-9/h2,5-6,9H,3-4,7H2,1H3,(H,16,17). The van der Waals surface area contributed by atoms with Gasteiger partial charge >= 0.3 is 5.97 Å². The lowest BCUT2D eigenvalue weighted by atomic mass is 10.2. The average molecular weight is 250 g/mol. The maximum Gasteiger partial charge on any atom is 0.323 e. The van der Waals surface area contributed by atoms with Crippen molar-refractivity contribution in [1.82, 2.24) is 9.47 Å². The zero-order chi connectivity index (χ0) is 13.3. The van der Waals surface area contributed by atoms with Crippen LogP contribution < -0.4 is 5.56 Å². The van der Waals surface area contributed by atoms with Crippen molar-refractivity contribution in [1.29, 1.82) is 0 Å². The third kappa shape index (κ3) is 2.58. The number of nitrogens with zero attached hydrogens (tertiary/aromatic N) is 2. The topological polar surface area (TPSA) is 79.6 Å². The molecule has 1 heterocycles. The fourth-order valence-corrected chi connectivity index (χ4v) is 1.78. The number of pyridine rings is 1. The van der Waals surface area contributed by atoms with Gasteiger partial charge in [0.05, 0.1) is 5.56 Å². The highest BCUT2D eigenvalue weighted by atomic mass is 16.4. The summed E-state index contributed by atoms with van der Waals surface area (Å²) in [6.45, 7) is -0.299. The zero-order valence-electron chi connectivity index (χ0n) is 10.00. The summed E-state index contributed by atoms with van der Waals surface area (Å²) in [5.41, 5.74) is 0.132. The Bertz CT molecular complexity index is 545. The first-order valence-corrected chi connectivity index (χ1v) is 5.68. The molecule has 0 radical (unpaired) electrons. The van der Waals surface area contributed by atoms with E-state index in [1.165, 1.54) is 27.8 Å². The molecule has 0 spiro atoms. The van der Waals surface area contributed by atoms with Crippen LogP contribution in [0, 0.1) is 0 Å². The Kier molecular flexibility index (Phi) is 3.18.